The fraction of sp³-hybridized carbons (Fsp3) is 0.111. The summed E-state index contributed by atoms with van der Waals surface area (Å²) in [5.74, 6) is 0. The van der Waals surface area contributed by atoms with Crippen molar-refractivity contribution in [2.45, 2.75) is 25.7 Å². The first-order valence-corrected chi connectivity index (χ1v) is 13.1. The first-order valence-electron chi connectivity index (χ1n) is 10.8. The second kappa shape index (κ2) is 8.66. The van der Waals surface area contributed by atoms with Crippen LogP contribution in [0.4, 0.5) is 5.69 Å². The van der Waals surface area contributed by atoms with Crippen molar-refractivity contribution >= 4 is 37.3 Å². The highest BCUT2D eigenvalue weighted by molar-refractivity contribution is 7.92. The Morgan fingerprint density at radius 3 is 2.32 bits per heavy atom. The molecule has 0 atom stereocenters. The number of benzene rings is 2. The summed E-state index contributed by atoms with van der Waals surface area (Å²) in [6.07, 6.45) is 1.40. The highest BCUT2D eigenvalue weighted by Gasteiger charge is 2.21. The first kappa shape index (κ1) is 22.3. The van der Waals surface area contributed by atoms with Gasteiger partial charge in [-0.1, -0.05) is 60.2 Å². The summed E-state index contributed by atoms with van der Waals surface area (Å²) < 4.78 is 29.5. The smallest absolute Gasteiger partial charge is 0.263 e. The van der Waals surface area contributed by atoms with Crippen molar-refractivity contribution in [2.24, 2.45) is 0 Å². The van der Waals surface area contributed by atoms with Crippen LogP contribution in [-0.4, -0.2) is 18.4 Å². The van der Waals surface area contributed by atoms with Crippen LogP contribution < -0.4 is 4.72 Å². The highest BCUT2D eigenvalue weighted by atomic mass is 32.2. The van der Waals surface area contributed by atoms with E-state index in [1.165, 1.54) is 6.20 Å². The maximum atomic E-state index is 13.3. The van der Waals surface area contributed by atoms with Gasteiger partial charge in [0.25, 0.3) is 10.0 Å². The van der Waals surface area contributed by atoms with E-state index in [1.54, 1.807) is 29.5 Å². The molecule has 0 amide bonds. The number of aryl methyl sites for hydroxylation is 3. The standard InChI is InChI=1S/C27H23N3O2S2/c1-17-8-7-11-21(14-17)25-19(3)33-27-26(25)24(15-18(2)29-27)30-34(31,32)22-12-13-23(28-16-22)20-9-5-4-6-10-20/h4-16H,1-3H3,(H,29,30). The molecular formula is C27H23N3O2S2. The van der Waals surface area contributed by atoms with E-state index < -0.39 is 10.0 Å². The van der Waals surface area contributed by atoms with E-state index in [2.05, 4.69) is 20.8 Å². The number of nitrogens with zero attached hydrogens (tertiary/aromatic N) is 2. The molecule has 0 saturated carbocycles. The molecule has 0 spiro atoms. The average molecular weight is 486 g/mol. The molecule has 3 aromatic heterocycles. The first-order chi connectivity index (χ1) is 16.3. The minimum Gasteiger partial charge on any atom is -0.279 e. The van der Waals surface area contributed by atoms with Crippen molar-refractivity contribution in [3.8, 4) is 22.4 Å². The van der Waals surface area contributed by atoms with E-state index in [1.807, 2.05) is 69.3 Å². The number of fused-ring (bicyclic) bond motifs is 1. The molecule has 1 N–H and O–H groups in total. The Morgan fingerprint density at radius 1 is 0.853 bits per heavy atom. The summed E-state index contributed by atoms with van der Waals surface area (Å²) in [6, 6.07) is 23.0. The predicted molar refractivity (Wildman–Crippen MR) is 140 cm³/mol. The minimum atomic E-state index is -3.85. The molecule has 0 aliphatic rings. The lowest BCUT2D eigenvalue weighted by atomic mass is 10.0. The zero-order valence-corrected chi connectivity index (χ0v) is 20.7. The Balaban J connectivity index is 1.58. The third-order valence-electron chi connectivity index (χ3n) is 5.63. The van der Waals surface area contributed by atoms with Crippen molar-refractivity contribution < 1.29 is 8.42 Å². The number of sulfonamides is 1. The Morgan fingerprint density at radius 2 is 1.62 bits per heavy atom. The molecule has 0 fully saturated rings. The molecule has 170 valence electrons. The van der Waals surface area contributed by atoms with E-state index in [9.17, 15) is 8.42 Å². The van der Waals surface area contributed by atoms with E-state index in [4.69, 9.17) is 0 Å². The van der Waals surface area contributed by atoms with Gasteiger partial charge >= 0.3 is 0 Å². The number of nitrogens with one attached hydrogen (secondary N) is 1. The van der Waals surface area contributed by atoms with E-state index >= 15 is 0 Å². The maximum absolute atomic E-state index is 13.3. The van der Waals surface area contributed by atoms with Crippen LogP contribution >= 0.6 is 11.3 Å². The van der Waals surface area contributed by atoms with Crippen LogP contribution in [0.15, 0.2) is 83.9 Å². The van der Waals surface area contributed by atoms with Crippen molar-refractivity contribution in [3.63, 3.8) is 0 Å². The van der Waals surface area contributed by atoms with Gasteiger partial charge < -0.3 is 0 Å². The van der Waals surface area contributed by atoms with Crippen LogP contribution in [0, 0.1) is 20.8 Å². The molecule has 34 heavy (non-hydrogen) atoms. The van der Waals surface area contributed by atoms with E-state index in [0.29, 0.717) is 5.69 Å². The van der Waals surface area contributed by atoms with Gasteiger partial charge in [-0.25, -0.2) is 13.4 Å². The second-order valence-corrected chi connectivity index (χ2v) is 11.1. The van der Waals surface area contributed by atoms with Crippen molar-refractivity contribution in [1.82, 2.24) is 9.97 Å². The Hall–Kier alpha value is -3.55. The van der Waals surface area contributed by atoms with Gasteiger partial charge in [-0.3, -0.25) is 9.71 Å². The van der Waals surface area contributed by atoms with Gasteiger partial charge in [0, 0.05) is 33.3 Å². The van der Waals surface area contributed by atoms with Crippen LogP contribution in [0.2, 0.25) is 0 Å². The Labute approximate surface area is 203 Å². The fourth-order valence-corrected chi connectivity index (χ4v) is 6.21. The molecular weight excluding hydrogens is 462 g/mol. The average Bonchev–Trinajstić information content (AvgIpc) is 3.15. The second-order valence-electron chi connectivity index (χ2n) is 8.24. The summed E-state index contributed by atoms with van der Waals surface area (Å²) in [5, 5.41) is 0.816. The molecule has 7 heteroatoms. The number of hydrogen-bond acceptors (Lipinski definition) is 5. The minimum absolute atomic E-state index is 0.110. The number of pyridine rings is 2. The molecule has 5 nitrogen and oxygen atoms in total. The fourth-order valence-electron chi connectivity index (χ4n) is 4.08. The Bertz CT molecular complexity index is 1610. The van der Waals surface area contributed by atoms with Crippen LogP contribution in [0.5, 0.6) is 0 Å². The molecule has 0 aliphatic carbocycles. The van der Waals surface area contributed by atoms with Gasteiger partial charge in [0.15, 0.2) is 0 Å². The van der Waals surface area contributed by atoms with Gasteiger partial charge in [-0.2, -0.15) is 0 Å². The molecule has 5 aromatic rings. The number of anilines is 1. The SMILES string of the molecule is Cc1cccc(-c2c(C)sc3nc(C)cc(NS(=O)(=O)c4ccc(-c5ccccc5)nc4)c23)c1. The molecule has 0 saturated heterocycles. The van der Waals surface area contributed by atoms with Gasteiger partial charge in [0.05, 0.1) is 11.4 Å². The van der Waals surface area contributed by atoms with Crippen LogP contribution in [0.25, 0.3) is 32.6 Å². The largest absolute Gasteiger partial charge is 0.279 e. The number of aromatic nitrogens is 2. The molecule has 0 radical (unpaired) electrons. The van der Waals surface area contributed by atoms with Crippen LogP contribution in [0.1, 0.15) is 16.1 Å². The topological polar surface area (TPSA) is 72.0 Å². The van der Waals surface area contributed by atoms with Gasteiger partial charge in [-0.05, 0) is 44.5 Å². The lowest BCUT2D eigenvalue weighted by Gasteiger charge is -2.12. The quantitative estimate of drug-likeness (QED) is 0.299. The van der Waals surface area contributed by atoms with E-state index in [0.717, 1.165) is 48.7 Å². The molecule has 0 bridgehead atoms. The summed E-state index contributed by atoms with van der Waals surface area (Å²) in [6.45, 7) is 5.96. The molecule has 3 heterocycles. The summed E-state index contributed by atoms with van der Waals surface area (Å²) >= 11 is 1.57. The molecule has 0 unspecified atom stereocenters. The zero-order valence-electron chi connectivity index (χ0n) is 19.0. The highest BCUT2D eigenvalue weighted by Crippen LogP contribution is 2.42. The molecule has 2 aromatic carbocycles. The summed E-state index contributed by atoms with van der Waals surface area (Å²) in [7, 11) is -3.85. The Kier molecular flexibility index (Phi) is 5.67. The number of rotatable bonds is 5. The van der Waals surface area contributed by atoms with Crippen molar-refractivity contribution in [3.05, 3.63) is 95.1 Å². The zero-order chi connectivity index (χ0) is 23.9. The van der Waals surface area contributed by atoms with Gasteiger partial charge in [-0.15, -0.1) is 11.3 Å². The van der Waals surface area contributed by atoms with Crippen molar-refractivity contribution in [2.75, 3.05) is 4.72 Å². The molecule has 0 aliphatic heterocycles. The third-order valence-corrected chi connectivity index (χ3v) is 7.98. The number of hydrogen-bond donors (Lipinski definition) is 1. The van der Waals surface area contributed by atoms with Gasteiger partial charge in [0.1, 0.15) is 9.73 Å². The predicted octanol–water partition coefficient (Wildman–Crippen LogP) is 6.75. The van der Waals surface area contributed by atoms with Crippen molar-refractivity contribution in [1.29, 1.82) is 0 Å². The molecule has 5 rings (SSSR count). The maximum Gasteiger partial charge on any atom is 0.263 e. The third kappa shape index (κ3) is 4.20. The lowest BCUT2D eigenvalue weighted by Crippen LogP contribution is -2.14. The summed E-state index contributed by atoms with van der Waals surface area (Å²) in [4.78, 5) is 11.1. The normalized spacial score (nSPS) is 11.6. The van der Waals surface area contributed by atoms with Crippen LogP contribution in [0.3, 0.4) is 0 Å². The monoisotopic (exact) mass is 485 g/mol. The summed E-state index contributed by atoms with van der Waals surface area (Å²) in [5.41, 5.74) is 6.12. The number of thiophene rings is 1. The van der Waals surface area contributed by atoms with Crippen LogP contribution in [-0.2, 0) is 10.0 Å². The lowest BCUT2D eigenvalue weighted by molar-refractivity contribution is 0.601. The van der Waals surface area contributed by atoms with E-state index in [-0.39, 0.29) is 4.90 Å². The van der Waals surface area contributed by atoms with Gasteiger partial charge in [0.2, 0.25) is 0 Å².